The number of nitrogens with two attached hydrogens (primary N) is 1. The van der Waals surface area contributed by atoms with E-state index >= 15 is 0 Å². The minimum Gasteiger partial charge on any atom is -0.457 e. The summed E-state index contributed by atoms with van der Waals surface area (Å²) in [6.45, 7) is 2.04. The summed E-state index contributed by atoms with van der Waals surface area (Å²) in [5.74, 6) is 1.58. The first-order valence-corrected chi connectivity index (χ1v) is 6.47. The van der Waals surface area contributed by atoms with E-state index in [1.54, 1.807) is 6.21 Å². The maximum Gasteiger partial charge on any atom is 0.184 e. The zero-order valence-corrected chi connectivity index (χ0v) is 11.9. The van der Waals surface area contributed by atoms with Crippen LogP contribution in [-0.2, 0) is 0 Å². The Morgan fingerprint density at radius 1 is 1.10 bits per heavy atom. The maximum atomic E-state index is 5.73. The second-order valence-electron chi connectivity index (χ2n) is 4.22. The van der Waals surface area contributed by atoms with Gasteiger partial charge in [-0.15, -0.1) is 0 Å². The Hall–Kier alpha value is -2.40. The molecule has 0 aliphatic rings. The van der Waals surface area contributed by atoms with Gasteiger partial charge in [-0.05, 0) is 61.1 Å². The molecule has 0 atom stereocenters. The Morgan fingerprint density at radius 2 is 1.65 bits per heavy atom. The quantitative estimate of drug-likeness (QED) is 0.515. The van der Waals surface area contributed by atoms with Gasteiger partial charge in [-0.1, -0.05) is 17.7 Å². The van der Waals surface area contributed by atoms with Crippen molar-refractivity contribution in [3.05, 3.63) is 59.7 Å². The standard InChI is InChI=1S/C15H15N3OS/c1-11-2-6-13(7-3-11)19-14-8-4-12(5-9-14)10-17-18-15(16)20/h2-10H,1H3,(H3,16,18,20). The fourth-order valence-electron chi connectivity index (χ4n) is 1.53. The third-order valence-electron chi connectivity index (χ3n) is 2.53. The smallest absolute Gasteiger partial charge is 0.184 e. The van der Waals surface area contributed by atoms with Crippen molar-refractivity contribution < 1.29 is 4.74 Å². The van der Waals surface area contributed by atoms with Crippen LogP contribution in [0.25, 0.3) is 0 Å². The summed E-state index contributed by atoms with van der Waals surface area (Å²) in [5, 5.41) is 4.02. The molecule has 0 unspecified atom stereocenters. The molecular weight excluding hydrogens is 270 g/mol. The fourth-order valence-corrected chi connectivity index (χ4v) is 1.59. The molecule has 0 saturated heterocycles. The molecule has 0 saturated carbocycles. The number of ether oxygens (including phenoxy) is 1. The van der Waals surface area contributed by atoms with Crippen LogP contribution in [0.4, 0.5) is 0 Å². The highest BCUT2D eigenvalue weighted by molar-refractivity contribution is 7.80. The Balaban J connectivity index is 1.99. The Kier molecular flexibility index (Phi) is 4.68. The van der Waals surface area contributed by atoms with Crippen molar-refractivity contribution in [3.8, 4) is 11.5 Å². The van der Waals surface area contributed by atoms with Crippen LogP contribution in [-0.4, -0.2) is 11.3 Å². The van der Waals surface area contributed by atoms with Crippen LogP contribution in [0.1, 0.15) is 11.1 Å². The minimum atomic E-state index is 0.139. The molecule has 2 aromatic carbocycles. The molecule has 0 aliphatic carbocycles. The molecule has 0 spiro atoms. The van der Waals surface area contributed by atoms with Gasteiger partial charge in [0.25, 0.3) is 0 Å². The SMILES string of the molecule is Cc1ccc(Oc2ccc(C=NNC(N)=S)cc2)cc1. The van der Waals surface area contributed by atoms with Gasteiger partial charge in [0.1, 0.15) is 11.5 Å². The molecule has 5 heteroatoms. The fraction of sp³-hybridized carbons (Fsp3) is 0.0667. The van der Waals surface area contributed by atoms with Gasteiger partial charge in [-0.3, -0.25) is 5.43 Å². The zero-order chi connectivity index (χ0) is 14.4. The van der Waals surface area contributed by atoms with Gasteiger partial charge < -0.3 is 10.5 Å². The summed E-state index contributed by atoms with van der Waals surface area (Å²) in [6.07, 6.45) is 1.63. The van der Waals surface area contributed by atoms with E-state index in [0.717, 1.165) is 17.1 Å². The van der Waals surface area contributed by atoms with Gasteiger partial charge in [0.15, 0.2) is 5.11 Å². The molecule has 2 aromatic rings. The van der Waals surface area contributed by atoms with Gasteiger partial charge in [-0.2, -0.15) is 5.10 Å². The predicted molar refractivity (Wildman–Crippen MR) is 85.2 cm³/mol. The molecule has 4 nitrogen and oxygen atoms in total. The van der Waals surface area contributed by atoms with Gasteiger partial charge >= 0.3 is 0 Å². The molecule has 0 aromatic heterocycles. The van der Waals surface area contributed by atoms with Crippen LogP contribution in [0.2, 0.25) is 0 Å². The Labute approximate surface area is 123 Å². The number of benzene rings is 2. The summed E-state index contributed by atoms with van der Waals surface area (Å²) >= 11 is 4.65. The molecule has 0 radical (unpaired) electrons. The van der Waals surface area contributed by atoms with Gasteiger partial charge in [0.05, 0.1) is 6.21 Å². The number of hydrogen-bond donors (Lipinski definition) is 2. The van der Waals surface area contributed by atoms with E-state index in [1.165, 1.54) is 5.56 Å². The first-order valence-electron chi connectivity index (χ1n) is 6.06. The highest BCUT2D eigenvalue weighted by Crippen LogP contribution is 2.21. The minimum absolute atomic E-state index is 0.139. The molecule has 0 aliphatic heterocycles. The van der Waals surface area contributed by atoms with E-state index in [-0.39, 0.29) is 5.11 Å². The summed E-state index contributed by atoms with van der Waals surface area (Å²) in [4.78, 5) is 0. The summed E-state index contributed by atoms with van der Waals surface area (Å²) in [6, 6.07) is 15.5. The van der Waals surface area contributed by atoms with E-state index in [2.05, 4.69) is 22.7 Å². The zero-order valence-electron chi connectivity index (χ0n) is 11.0. The monoisotopic (exact) mass is 285 g/mol. The van der Waals surface area contributed by atoms with Gasteiger partial charge in [0.2, 0.25) is 0 Å². The number of nitrogens with one attached hydrogen (secondary N) is 1. The lowest BCUT2D eigenvalue weighted by Crippen LogP contribution is -2.23. The molecule has 20 heavy (non-hydrogen) atoms. The van der Waals surface area contributed by atoms with E-state index in [9.17, 15) is 0 Å². The molecule has 2 rings (SSSR count). The largest absolute Gasteiger partial charge is 0.457 e. The van der Waals surface area contributed by atoms with Crippen LogP contribution in [0, 0.1) is 6.92 Å². The van der Waals surface area contributed by atoms with E-state index in [1.807, 2.05) is 55.5 Å². The lowest BCUT2D eigenvalue weighted by atomic mass is 10.2. The number of rotatable bonds is 4. The van der Waals surface area contributed by atoms with Gasteiger partial charge in [-0.25, -0.2) is 0 Å². The molecule has 3 N–H and O–H groups in total. The number of hydrogen-bond acceptors (Lipinski definition) is 3. The number of thiocarbonyl (C=S) groups is 1. The van der Waals surface area contributed by atoms with Crippen molar-refractivity contribution in [3.63, 3.8) is 0 Å². The van der Waals surface area contributed by atoms with Crippen LogP contribution in [0.3, 0.4) is 0 Å². The van der Waals surface area contributed by atoms with E-state index < -0.39 is 0 Å². The van der Waals surface area contributed by atoms with Crippen LogP contribution in [0.5, 0.6) is 11.5 Å². The lowest BCUT2D eigenvalue weighted by Gasteiger charge is -2.06. The van der Waals surface area contributed by atoms with Gasteiger partial charge in [0, 0.05) is 0 Å². The molecule has 0 amide bonds. The van der Waals surface area contributed by atoms with Crippen LogP contribution >= 0.6 is 12.2 Å². The number of hydrazone groups is 1. The van der Waals surface area contributed by atoms with E-state index in [0.29, 0.717) is 0 Å². The average molecular weight is 285 g/mol. The van der Waals surface area contributed by atoms with E-state index in [4.69, 9.17) is 10.5 Å². The van der Waals surface area contributed by atoms with Crippen molar-refractivity contribution in [2.45, 2.75) is 6.92 Å². The van der Waals surface area contributed by atoms with Crippen molar-refractivity contribution in [2.75, 3.05) is 0 Å². The van der Waals surface area contributed by atoms with Crippen LogP contribution < -0.4 is 15.9 Å². The van der Waals surface area contributed by atoms with Crippen molar-refractivity contribution in [1.82, 2.24) is 5.43 Å². The Bertz CT molecular complexity index is 606. The second kappa shape index (κ2) is 6.68. The lowest BCUT2D eigenvalue weighted by molar-refractivity contribution is 0.482. The molecule has 102 valence electrons. The maximum absolute atomic E-state index is 5.73. The molecular formula is C15H15N3OS. The number of nitrogens with zero attached hydrogens (tertiary/aromatic N) is 1. The average Bonchev–Trinajstić information content (AvgIpc) is 2.43. The summed E-state index contributed by atoms with van der Waals surface area (Å²) < 4.78 is 5.73. The highest BCUT2D eigenvalue weighted by atomic mass is 32.1. The molecule has 0 fully saturated rings. The third-order valence-corrected chi connectivity index (χ3v) is 2.62. The van der Waals surface area contributed by atoms with Crippen molar-refractivity contribution in [2.24, 2.45) is 10.8 Å². The first kappa shape index (κ1) is 14.0. The predicted octanol–water partition coefficient (Wildman–Crippen LogP) is 2.95. The van der Waals surface area contributed by atoms with Crippen molar-refractivity contribution >= 4 is 23.5 Å². The number of aryl methyl sites for hydroxylation is 1. The third kappa shape index (κ3) is 4.37. The normalized spacial score (nSPS) is 10.4. The highest BCUT2D eigenvalue weighted by Gasteiger charge is 1.97. The van der Waals surface area contributed by atoms with Crippen LogP contribution in [0.15, 0.2) is 53.6 Å². The topological polar surface area (TPSA) is 59.6 Å². The summed E-state index contributed by atoms with van der Waals surface area (Å²) in [7, 11) is 0. The summed E-state index contributed by atoms with van der Waals surface area (Å²) in [5.41, 5.74) is 9.89. The molecule has 0 heterocycles. The molecule has 0 bridgehead atoms. The van der Waals surface area contributed by atoms with Crippen molar-refractivity contribution in [1.29, 1.82) is 0 Å². The Morgan fingerprint density at radius 3 is 2.20 bits per heavy atom. The second-order valence-corrected chi connectivity index (χ2v) is 4.66. The first-order chi connectivity index (χ1) is 9.63.